The standard InChI is InChI=1S/C33H42FN5O2/c1-21(2)36(5)32(41)27-15-26(34)6-7-28(27)39-20-25(31-22(3)16-35-17-29(31)39)14-24-18-38(19-24)30-8-9-33(30)10-12-37(13-11-33)23(4)40/h6-7,15-17,20-21,24,30H,8-14,18-19H2,1-5H3. The van der Waals surface area contributed by atoms with Crippen molar-refractivity contribution < 1.29 is 14.0 Å². The molecule has 0 N–H and O–H groups in total. The fourth-order valence-corrected chi connectivity index (χ4v) is 7.52. The Bertz CT molecular complexity index is 1480. The van der Waals surface area contributed by atoms with Crippen molar-refractivity contribution in [1.29, 1.82) is 0 Å². The molecule has 3 fully saturated rings. The van der Waals surface area contributed by atoms with E-state index in [0.717, 1.165) is 56.5 Å². The van der Waals surface area contributed by atoms with Crippen molar-refractivity contribution in [3.63, 3.8) is 0 Å². The van der Waals surface area contributed by atoms with Gasteiger partial charge in [0.1, 0.15) is 5.82 Å². The summed E-state index contributed by atoms with van der Waals surface area (Å²) >= 11 is 0. The number of hydrogen-bond acceptors (Lipinski definition) is 4. The van der Waals surface area contributed by atoms with Crippen molar-refractivity contribution in [3.8, 4) is 5.69 Å². The van der Waals surface area contributed by atoms with Crippen molar-refractivity contribution in [3.05, 3.63) is 59.3 Å². The number of carbonyl (C=O) groups excluding carboxylic acids is 2. The molecule has 2 aromatic heterocycles. The maximum Gasteiger partial charge on any atom is 0.256 e. The molecule has 7 nitrogen and oxygen atoms in total. The third-order valence-electron chi connectivity index (χ3n) is 10.3. The number of nitrogens with zero attached hydrogens (tertiary/aromatic N) is 5. The second kappa shape index (κ2) is 10.5. The van der Waals surface area contributed by atoms with E-state index in [9.17, 15) is 14.0 Å². The molecule has 2 saturated heterocycles. The molecule has 1 aromatic carbocycles. The number of piperidine rings is 1. The molecule has 4 heterocycles. The predicted octanol–water partition coefficient (Wildman–Crippen LogP) is 5.22. The van der Waals surface area contributed by atoms with Crippen molar-refractivity contribution in [2.24, 2.45) is 11.3 Å². The second-order valence-electron chi connectivity index (χ2n) is 13.0. The Labute approximate surface area is 242 Å². The van der Waals surface area contributed by atoms with Gasteiger partial charge in [0, 0.05) is 70.0 Å². The van der Waals surface area contributed by atoms with Gasteiger partial charge in [0.25, 0.3) is 5.91 Å². The number of fused-ring (bicyclic) bond motifs is 1. The lowest BCUT2D eigenvalue weighted by molar-refractivity contribution is -0.138. The molecule has 41 heavy (non-hydrogen) atoms. The summed E-state index contributed by atoms with van der Waals surface area (Å²) in [4.78, 5) is 36.0. The molecular formula is C33H42FN5O2. The summed E-state index contributed by atoms with van der Waals surface area (Å²) in [5, 5.41) is 1.18. The third-order valence-corrected chi connectivity index (χ3v) is 10.3. The number of benzene rings is 1. The Balaban J connectivity index is 1.23. The highest BCUT2D eigenvalue weighted by molar-refractivity contribution is 5.99. The van der Waals surface area contributed by atoms with Crippen LogP contribution in [0.5, 0.6) is 0 Å². The molecule has 1 aliphatic carbocycles. The molecule has 3 aliphatic rings. The number of pyridine rings is 1. The molecule has 8 heteroatoms. The molecule has 3 aromatic rings. The fraction of sp³-hybridized carbons (Fsp3) is 0.545. The SMILES string of the molecule is CC(=O)N1CCC2(CCC2N2CC(Cc3cn(-c4ccc(F)cc4C(=O)N(C)C(C)C)c4cncc(C)c34)C2)CC1. The first-order valence-electron chi connectivity index (χ1n) is 15.1. The summed E-state index contributed by atoms with van der Waals surface area (Å²) in [5.41, 5.74) is 4.73. The summed E-state index contributed by atoms with van der Waals surface area (Å²) in [6.45, 7) is 11.7. The summed E-state index contributed by atoms with van der Waals surface area (Å²) in [7, 11) is 1.76. The molecule has 1 saturated carbocycles. The minimum atomic E-state index is -0.421. The molecule has 1 atom stereocenters. The fourth-order valence-electron chi connectivity index (χ4n) is 7.52. The van der Waals surface area contributed by atoms with E-state index in [0.29, 0.717) is 28.6 Å². The summed E-state index contributed by atoms with van der Waals surface area (Å²) in [5.74, 6) is 0.152. The van der Waals surface area contributed by atoms with Crippen LogP contribution in [0.4, 0.5) is 4.39 Å². The zero-order valence-corrected chi connectivity index (χ0v) is 25.0. The number of hydrogen-bond donors (Lipinski definition) is 0. The zero-order chi connectivity index (χ0) is 29.1. The average Bonchev–Trinajstić information content (AvgIpc) is 3.29. The lowest BCUT2D eigenvalue weighted by Crippen LogP contribution is -2.65. The Hall–Kier alpha value is -3.26. The van der Waals surface area contributed by atoms with Gasteiger partial charge in [0.05, 0.1) is 23.0 Å². The van der Waals surface area contributed by atoms with Gasteiger partial charge in [-0.3, -0.25) is 19.5 Å². The van der Waals surface area contributed by atoms with Gasteiger partial charge < -0.3 is 14.4 Å². The van der Waals surface area contributed by atoms with Crippen molar-refractivity contribution in [2.45, 2.75) is 71.9 Å². The number of aryl methyl sites for hydroxylation is 1. The summed E-state index contributed by atoms with van der Waals surface area (Å²) < 4.78 is 16.4. The van der Waals surface area contributed by atoms with Crippen LogP contribution >= 0.6 is 0 Å². The maximum absolute atomic E-state index is 14.4. The van der Waals surface area contributed by atoms with Crippen LogP contribution in [0.3, 0.4) is 0 Å². The van der Waals surface area contributed by atoms with Gasteiger partial charge in [-0.15, -0.1) is 0 Å². The molecule has 0 radical (unpaired) electrons. The van der Waals surface area contributed by atoms with Crippen LogP contribution in [0.25, 0.3) is 16.6 Å². The lowest BCUT2D eigenvalue weighted by Gasteiger charge is -2.61. The lowest BCUT2D eigenvalue weighted by atomic mass is 9.58. The van der Waals surface area contributed by atoms with Crippen molar-refractivity contribution in [2.75, 3.05) is 33.2 Å². The second-order valence-corrected chi connectivity index (χ2v) is 13.0. The molecule has 0 bridgehead atoms. The number of carbonyl (C=O) groups is 2. The minimum absolute atomic E-state index is 0.00227. The largest absolute Gasteiger partial charge is 0.343 e. The number of aromatic nitrogens is 2. The highest BCUT2D eigenvalue weighted by Crippen LogP contribution is 2.53. The highest BCUT2D eigenvalue weighted by Gasteiger charge is 2.52. The van der Waals surface area contributed by atoms with E-state index in [1.165, 1.54) is 35.9 Å². The van der Waals surface area contributed by atoms with Crippen LogP contribution < -0.4 is 0 Å². The first-order chi connectivity index (χ1) is 19.6. The Kier molecular flexibility index (Phi) is 7.17. The molecule has 2 aliphatic heterocycles. The van der Waals surface area contributed by atoms with Gasteiger partial charge in [0.2, 0.25) is 5.91 Å². The number of likely N-dealkylation sites (tertiary alicyclic amines) is 2. The van der Waals surface area contributed by atoms with Crippen LogP contribution in [-0.4, -0.2) is 81.4 Å². The van der Waals surface area contributed by atoms with E-state index in [2.05, 4.69) is 23.0 Å². The summed E-state index contributed by atoms with van der Waals surface area (Å²) in [6, 6.07) is 5.13. The van der Waals surface area contributed by atoms with E-state index in [4.69, 9.17) is 0 Å². The van der Waals surface area contributed by atoms with Crippen LogP contribution in [0.2, 0.25) is 0 Å². The first-order valence-corrected chi connectivity index (χ1v) is 15.1. The predicted molar refractivity (Wildman–Crippen MR) is 159 cm³/mol. The monoisotopic (exact) mass is 559 g/mol. The topological polar surface area (TPSA) is 61.7 Å². The Morgan fingerprint density at radius 1 is 1.15 bits per heavy atom. The van der Waals surface area contributed by atoms with E-state index in [-0.39, 0.29) is 17.9 Å². The van der Waals surface area contributed by atoms with E-state index >= 15 is 0 Å². The third kappa shape index (κ3) is 4.84. The molecule has 1 spiro atoms. The summed E-state index contributed by atoms with van der Waals surface area (Å²) in [6.07, 6.45) is 11.7. The van der Waals surface area contributed by atoms with Crippen LogP contribution in [0.15, 0.2) is 36.8 Å². The Morgan fingerprint density at radius 2 is 1.88 bits per heavy atom. The highest BCUT2D eigenvalue weighted by atomic mass is 19.1. The van der Waals surface area contributed by atoms with E-state index in [1.807, 2.05) is 35.7 Å². The van der Waals surface area contributed by atoms with Crippen LogP contribution in [-0.2, 0) is 11.2 Å². The molecule has 2 amide bonds. The maximum atomic E-state index is 14.4. The van der Waals surface area contributed by atoms with Gasteiger partial charge in [-0.1, -0.05) is 0 Å². The van der Waals surface area contributed by atoms with Gasteiger partial charge in [-0.2, -0.15) is 0 Å². The van der Waals surface area contributed by atoms with E-state index < -0.39 is 5.82 Å². The van der Waals surface area contributed by atoms with Gasteiger partial charge in [0.15, 0.2) is 0 Å². The molecular weight excluding hydrogens is 517 g/mol. The smallest absolute Gasteiger partial charge is 0.256 e. The van der Waals surface area contributed by atoms with Crippen molar-refractivity contribution >= 4 is 22.7 Å². The number of amides is 2. The zero-order valence-electron chi connectivity index (χ0n) is 25.0. The normalized spacial score (nSPS) is 20.9. The minimum Gasteiger partial charge on any atom is -0.343 e. The quantitative estimate of drug-likeness (QED) is 0.416. The van der Waals surface area contributed by atoms with Crippen molar-refractivity contribution in [1.82, 2.24) is 24.3 Å². The Morgan fingerprint density at radius 3 is 2.51 bits per heavy atom. The van der Waals surface area contributed by atoms with Crippen LogP contribution in [0.1, 0.15) is 67.9 Å². The number of halogens is 1. The molecule has 218 valence electrons. The molecule has 1 unspecified atom stereocenters. The van der Waals surface area contributed by atoms with Gasteiger partial charge >= 0.3 is 0 Å². The average molecular weight is 560 g/mol. The van der Waals surface area contributed by atoms with Gasteiger partial charge in [-0.25, -0.2) is 4.39 Å². The van der Waals surface area contributed by atoms with Gasteiger partial charge in [-0.05, 0) is 93.5 Å². The molecule has 6 rings (SSSR count). The van der Waals surface area contributed by atoms with E-state index in [1.54, 1.807) is 24.9 Å². The first kappa shape index (κ1) is 27.9. The van der Waals surface area contributed by atoms with Crippen LogP contribution in [0, 0.1) is 24.1 Å². The number of rotatable bonds is 6.